The van der Waals surface area contributed by atoms with Crippen LogP contribution < -0.4 is 5.32 Å². The zero-order valence-corrected chi connectivity index (χ0v) is 17.2. The van der Waals surface area contributed by atoms with Crippen LogP contribution in [-0.2, 0) is 27.9 Å². The van der Waals surface area contributed by atoms with Crippen LogP contribution >= 0.6 is 0 Å². The third-order valence-corrected chi connectivity index (χ3v) is 5.46. The average Bonchev–Trinajstić information content (AvgIpc) is 3.02. The molecule has 0 bridgehead atoms. The van der Waals surface area contributed by atoms with Crippen molar-refractivity contribution in [2.45, 2.75) is 38.6 Å². The normalized spacial score (nSPS) is 19.3. The van der Waals surface area contributed by atoms with Gasteiger partial charge in [0.05, 0.1) is 0 Å². The highest BCUT2D eigenvalue weighted by molar-refractivity contribution is 6.08. The Kier molecular flexibility index (Phi) is 5.90. The molecule has 10 nitrogen and oxygen atoms in total. The van der Waals surface area contributed by atoms with Crippen LogP contribution in [-0.4, -0.2) is 86.5 Å². The van der Waals surface area contributed by atoms with E-state index in [4.69, 9.17) is 0 Å². The molecule has 3 rings (SSSR count). The minimum Gasteiger partial charge on any atom is -0.341 e. The average molecular weight is 404 g/mol. The van der Waals surface area contributed by atoms with Crippen molar-refractivity contribution >= 4 is 23.8 Å². The number of hydrogen-bond donors (Lipinski definition) is 1. The van der Waals surface area contributed by atoms with Crippen molar-refractivity contribution in [2.75, 3.05) is 32.7 Å². The first kappa shape index (κ1) is 20.8. The molecule has 1 aromatic rings. The van der Waals surface area contributed by atoms with Gasteiger partial charge in [-0.3, -0.25) is 24.0 Å². The highest BCUT2D eigenvalue weighted by Crippen LogP contribution is 2.17. The van der Waals surface area contributed by atoms with Gasteiger partial charge in [0.25, 0.3) is 5.91 Å². The Bertz CT molecular complexity index is 817. The van der Waals surface area contributed by atoms with Crippen molar-refractivity contribution in [1.82, 2.24) is 29.8 Å². The highest BCUT2D eigenvalue weighted by Gasteiger charge is 2.45. The number of aryl methyl sites for hydroxylation is 2. The minimum atomic E-state index is -0.993. The summed E-state index contributed by atoms with van der Waals surface area (Å²) in [5.41, 5.74) is 0.00853. The van der Waals surface area contributed by atoms with Gasteiger partial charge in [0, 0.05) is 51.5 Å². The van der Waals surface area contributed by atoms with Crippen LogP contribution in [0.3, 0.4) is 0 Å². The van der Waals surface area contributed by atoms with Gasteiger partial charge in [-0.25, -0.2) is 4.79 Å². The summed E-state index contributed by atoms with van der Waals surface area (Å²) < 4.78 is 1.76. The molecule has 1 aromatic heterocycles. The second-order valence-corrected chi connectivity index (χ2v) is 8.01. The van der Waals surface area contributed by atoms with Gasteiger partial charge in [-0.1, -0.05) is 0 Å². The van der Waals surface area contributed by atoms with E-state index in [1.807, 2.05) is 13.1 Å². The van der Waals surface area contributed by atoms with Gasteiger partial charge < -0.3 is 15.1 Å². The zero-order chi connectivity index (χ0) is 21.2. The fourth-order valence-electron chi connectivity index (χ4n) is 3.65. The van der Waals surface area contributed by atoms with Crippen LogP contribution in [0.25, 0.3) is 0 Å². The first-order chi connectivity index (χ1) is 13.7. The second kappa shape index (κ2) is 8.22. The molecule has 158 valence electrons. The lowest BCUT2D eigenvalue weighted by Gasteiger charge is -2.24. The Balaban J connectivity index is 1.51. The molecule has 0 unspecified atom stereocenters. The summed E-state index contributed by atoms with van der Waals surface area (Å²) in [6.45, 7) is 4.87. The molecule has 5 amide bonds. The van der Waals surface area contributed by atoms with Crippen molar-refractivity contribution in [3.8, 4) is 0 Å². The number of rotatable bonds is 5. The van der Waals surface area contributed by atoms with Crippen LogP contribution in [0.5, 0.6) is 0 Å². The number of imide groups is 1. The molecule has 0 atom stereocenters. The van der Waals surface area contributed by atoms with Crippen LogP contribution in [0.2, 0.25) is 0 Å². The lowest BCUT2D eigenvalue weighted by Crippen LogP contribution is -2.45. The summed E-state index contributed by atoms with van der Waals surface area (Å²) in [4.78, 5) is 53.8. The number of amides is 5. The second-order valence-electron chi connectivity index (χ2n) is 8.01. The molecule has 29 heavy (non-hydrogen) atoms. The standard InChI is InChI=1S/C19H28N6O4/c1-19(2)17(28)25(18(29)21-19)13-16(27)24-10-4-9-23(11-12-24)15(26)6-5-14-7-8-20-22(14)3/h7-8H,4-6,9-13H2,1-3H3,(H,21,29). The summed E-state index contributed by atoms with van der Waals surface area (Å²) >= 11 is 0. The number of carbonyl (C=O) groups is 4. The van der Waals surface area contributed by atoms with E-state index >= 15 is 0 Å². The van der Waals surface area contributed by atoms with Gasteiger partial charge in [0.2, 0.25) is 11.8 Å². The maximum Gasteiger partial charge on any atom is 0.325 e. The number of aromatic nitrogens is 2. The van der Waals surface area contributed by atoms with E-state index in [9.17, 15) is 19.2 Å². The Hall–Kier alpha value is -2.91. The van der Waals surface area contributed by atoms with Crippen molar-refractivity contribution in [1.29, 1.82) is 0 Å². The van der Waals surface area contributed by atoms with Crippen molar-refractivity contribution < 1.29 is 19.2 Å². The van der Waals surface area contributed by atoms with E-state index in [0.29, 0.717) is 45.4 Å². The third-order valence-electron chi connectivity index (χ3n) is 5.46. The van der Waals surface area contributed by atoms with Gasteiger partial charge >= 0.3 is 6.03 Å². The van der Waals surface area contributed by atoms with E-state index < -0.39 is 17.5 Å². The fourth-order valence-corrected chi connectivity index (χ4v) is 3.65. The zero-order valence-electron chi connectivity index (χ0n) is 17.2. The van der Waals surface area contributed by atoms with Crippen molar-refractivity contribution in [3.05, 3.63) is 18.0 Å². The lowest BCUT2D eigenvalue weighted by atomic mass is 10.1. The molecule has 0 spiro atoms. The van der Waals surface area contributed by atoms with Gasteiger partial charge in [0.15, 0.2) is 0 Å². The van der Waals surface area contributed by atoms with Crippen LogP contribution in [0.4, 0.5) is 4.79 Å². The molecular formula is C19H28N6O4. The molecule has 2 fully saturated rings. The molecule has 0 radical (unpaired) electrons. The van der Waals surface area contributed by atoms with E-state index in [2.05, 4.69) is 10.4 Å². The SMILES string of the molecule is Cn1nccc1CCC(=O)N1CCCN(C(=O)CN2C(=O)NC(C)(C)C2=O)CC1. The van der Waals surface area contributed by atoms with Gasteiger partial charge in [-0.2, -0.15) is 5.10 Å². The molecule has 0 saturated carbocycles. The summed E-state index contributed by atoms with van der Waals surface area (Å²) in [6, 6.07) is 1.35. The lowest BCUT2D eigenvalue weighted by molar-refractivity contribution is -0.138. The first-order valence-electron chi connectivity index (χ1n) is 9.85. The predicted molar refractivity (Wildman–Crippen MR) is 104 cm³/mol. The topological polar surface area (TPSA) is 108 Å². The van der Waals surface area contributed by atoms with E-state index in [1.165, 1.54) is 0 Å². The maximum absolute atomic E-state index is 12.6. The van der Waals surface area contributed by atoms with Crippen LogP contribution in [0.15, 0.2) is 12.3 Å². The van der Waals surface area contributed by atoms with Crippen molar-refractivity contribution in [3.63, 3.8) is 0 Å². The molecule has 0 aromatic carbocycles. The van der Waals surface area contributed by atoms with Gasteiger partial charge in [0.1, 0.15) is 12.1 Å². The summed E-state index contributed by atoms with van der Waals surface area (Å²) in [5.74, 6) is -0.635. The number of nitrogens with one attached hydrogen (secondary N) is 1. The molecule has 10 heteroatoms. The molecule has 3 heterocycles. The molecule has 0 aliphatic carbocycles. The third kappa shape index (κ3) is 4.57. The largest absolute Gasteiger partial charge is 0.341 e. The highest BCUT2D eigenvalue weighted by atomic mass is 16.2. The Morgan fingerprint density at radius 2 is 1.76 bits per heavy atom. The van der Waals surface area contributed by atoms with Crippen molar-refractivity contribution in [2.24, 2.45) is 7.05 Å². The molecular weight excluding hydrogens is 376 g/mol. The summed E-state index contributed by atoms with van der Waals surface area (Å²) in [7, 11) is 1.85. The fraction of sp³-hybridized carbons (Fsp3) is 0.632. The summed E-state index contributed by atoms with van der Waals surface area (Å²) in [5, 5.41) is 6.68. The van der Waals surface area contributed by atoms with Crippen LogP contribution in [0.1, 0.15) is 32.4 Å². The number of nitrogens with zero attached hydrogens (tertiary/aromatic N) is 5. The number of carbonyl (C=O) groups excluding carboxylic acids is 4. The predicted octanol–water partition coefficient (Wildman–Crippen LogP) is -0.256. The Morgan fingerprint density at radius 1 is 1.10 bits per heavy atom. The molecule has 2 aliphatic heterocycles. The molecule has 2 aliphatic rings. The van der Waals surface area contributed by atoms with Gasteiger partial charge in [-0.05, 0) is 32.8 Å². The number of hydrogen-bond acceptors (Lipinski definition) is 5. The maximum atomic E-state index is 12.6. The molecule has 1 N–H and O–H groups in total. The first-order valence-corrected chi connectivity index (χ1v) is 9.85. The van der Waals surface area contributed by atoms with E-state index in [-0.39, 0.29) is 18.4 Å². The monoisotopic (exact) mass is 404 g/mol. The smallest absolute Gasteiger partial charge is 0.325 e. The quantitative estimate of drug-likeness (QED) is 0.681. The van der Waals surface area contributed by atoms with E-state index in [1.54, 1.807) is 34.5 Å². The Morgan fingerprint density at radius 3 is 2.31 bits per heavy atom. The Labute approximate surface area is 169 Å². The number of urea groups is 1. The van der Waals surface area contributed by atoms with E-state index in [0.717, 1.165) is 10.6 Å². The minimum absolute atomic E-state index is 0.0522. The van der Waals surface area contributed by atoms with Gasteiger partial charge in [-0.15, -0.1) is 0 Å². The van der Waals surface area contributed by atoms with Crippen LogP contribution in [0, 0.1) is 0 Å². The summed E-state index contributed by atoms with van der Waals surface area (Å²) in [6.07, 6.45) is 3.39. The molecule has 2 saturated heterocycles.